The van der Waals surface area contributed by atoms with Gasteiger partial charge >= 0.3 is 0 Å². The third-order valence-corrected chi connectivity index (χ3v) is 6.11. The summed E-state index contributed by atoms with van der Waals surface area (Å²) in [6.45, 7) is 24.8. The van der Waals surface area contributed by atoms with Crippen molar-refractivity contribution in [2.45, 2.75) is 121 Å². The van der Waals surface area contributed by atoms with Crippen molar-refractivity contribution >= 4 is 17.5 Å². The third kappa shape index (κ3) is 14.1. The summed E-state index contributed by atoms with van der Waals surface area (Å²) in [5, 5.41) is 29.6. The van der Waals surface area contributed by atoms with Gasteiger partial charge in [-0.2, -0.15) is 0 Å². The molecule has 44 heavy (non-hydrogen) atoms. The van der Waals surface area contributed by atoms with Crippen molar-refractivity contribution < 1.29 is 14.4 Å². The van der Waals surface area contributed by atoms with Crippen molar-refractivity contribution in [3.05, 3.63) is 35.7 Å². The molecule has 0 aliphatic carbocycles. The number of nitrogens with one attached hydrogen (secondary N) is 2. The molecule has 3 aromatic rings. The number of aromatic nitrogens is 9. The maximum absolute atomic E-state index is 11.5. The van der Waals surface area contributed by atoms with Gasteiger partial charge in [0, 0.05) is 42.4 Å². The Bertz CT molecular complexity index is 1290. The molecule has 0 fully saturated rings. The summed E-state index contributed by atoms with van der Waals surface area (Å²) in [7, 11) is 0. The zero-order valence-electron chi connectivity index (χ0n) is 28.6. The molecule has 3 heterocycles. The lowest BCUT2D eigenvalue weighted by molar-refractivity contribution is -0.124. The van der Waals surface area contributed by atoms with E-state index in [0.29, 0.717) is 30.0 Å². The SMILES string of the molecule is CC(C)C(=O)Cn1cc(CNC(=O)C(C)C)nn1.CC(C)C(=O)c1cn(C(C)C)nn1.CC(C)NCc1cn(C(C)C)nn1. The van der Waals surface area contributed by atoms with Gasteiger partial charge in [0.1, 0.15) is 17.9 Å². The van der Waals surface area contributed by atoms with Crippen molar-refractivity contribution in [1.29, 1.82) is 0 Å². The number of hydrogen-bond donors (Lipinski definition) is 2. The summed E-state index contributed by atoms with van der Waals surface area (Å²) in [6.07, 6.45) is 5.37. The molecular formula is C30H53N11O3. The average Bonchev–Trinajstić information content (AvgIpc) is 3.72. The van der Waals surface area contributed by atoms with E-state index in [-0.39, 0.29) is 47.8 Å². The molecule has 0 spiro atoms. The maximum atomic E-state index is 11.5. The lowest BCUT2D eigenvalue weighted by Gasteiger charge is -2.05. The van der Waals surface area contributed by atoms with E-state index >= 15 is 0 Å². The monoisotopic (exact) mass is 615 g/mol. The number of amides is 1. The number of hydrogen-bond acceptors (Lipinski definition) is 10. The maximum Gasteiger partial charge on any atom is 0.222 e. The topological polar surface area (TPSA) is 167 Å². The van der Waals surface area contributed by atoms with E-state index in [1.807, 2.05) is 66.3 Å². The van der Waals surface area contributed by atoms with Gasteiger partial charge in [-0.3, -0.25) is 14.4 Å². The van der Waals surface area contributed by atoms with Crippen LogP contribution in [0.25, 0.3) is 0 Å². The Morgan fingerprint density at radius 1 is 0.659 bits per heavy atom. The fraction of sp³-hybridized carbons (Fsp3) is 0.700. The van der Waals surface area contributed by atoms with Crippen molar-refractivity contribution in [2.24, 2.45) is 17.8 Å². The van der Waals surface area contributed by atoms with Crippen LogP contribution in [0.2, 0.25) is 0 Å². The first kappa shape index (κ1) is 38.2. The van der Waals surface area contributed by atoms with Crippen molar-refractivity contribution in [3.63, 3.8) is 0 Å². The Morgan fingerprint density at radius 2 is 1.20 bits per heavy atom. The van der Waals surface area contributed by atoms with Crippen LogP contribution < -0.4 is 10.6 Å². The van der Waals surface area contributed by atoms with Crippen LogP contribution >= 0.6 is 0 Å². The molecule has 0 saturated heterocycles. The van der Waals surface area contributed by atoms with Gasteiger partial charge < -0.3 is 10.6 Å². The van der Waals surface area contributed by atoms with Crippen LogP contribution in [0.15, 0.2) is 18.6 Å². The van der Waals surface area contributed by atoms with Crippen molar-refractivity contribution in [2.75, 3.05) is 0 Å². The van der Waals surface area contributed by atoms with Gasteiger partial charge in [0.05, 0.1) is 30.8 Å². The van der Waals surface area contributed by atoms with E-state index in [4.69, 9.17) is 0 Å². The molecule has 246 valence electrons. The second-order valence-electron chi connectivity index (χ2n) is 12.4. The molecule has 0 radical (unpaired) electrons. The molecular weight excluding hydrogens is 562 g/mol. The number of Topliss-reactive ketones (excluding diaryl/α,β-unsaturated/α-hetero) is 2. The normalized spacial score (nSPS) is 11.2. The minimum atomic E-state index is -0.0532. The van der Waals surface area contributed by atoms with Gasteiger partial charge in [-0.1, -0.05) is 71.0 Å². The number of ketones is 2. The summed E-state index contributed by atoms with van der Waals surface area (Å²) < 4.78 is 5.06. The molecule has 0 aromatic carbocycles. The minimum absolute atomic E-state index is 0.0155. The lowest BCUT2D eigenvalue weighted by atomic mass is 10.1. The first-order valence-electron chi connectivity index (χ1n) is 15.3. The van der Waals surface area contributed by atoms with Gasteiger partial charge in [-0.05, 0) is 27.7 Å². The second kappa shape index (κ2) is 18.8. The summed E-state index contributed by atoms with van der Waals surface area (Å²) in [4.78, 5) is 34.4. The molecule has 14 nitrogen and oxygen atoms in total. The molecule has 0 bridgehead atoms. The molecule has 14 heteroatoms. The zero-order valence-corrected chi connectivity index (χ0v) is 28.6. The Labute approximate surface area is 261 Å². The Balaban J connectivity index is 0.000000337. The van der Waals surface area contributed by atoms with E-state index in [9.17, 15) is 14.4 Å². The van der Waals surface area contributed by atoms with E-state index in [2.05, 4.69) is 69.3 Å². The predicted octanol–water partition coefficient (Wildman–Crippen LogP) is 3.83. The Morgan fingerprint density at radius 3 is 1.68 bits per heavy atom. The summed E-state index contributed by atoms with van der Waals surface area (Å²) in [5.41, 5.74) is 2.12. The lowest BCUT2D eigenvalue weighted by Crippen LogP contribution is -2.27. The fourth-order valence-corrected chi connectivity index (χ4v) is 3.11. The summed E-state index contributed by atoms with van der Waals surface area (Å²) >= 11 is 0. The van der Waals surface area contributed by atoms with Crippen LogP contribution in [0.3, 0.4) is 0 Å². The standard InChI is InChI=1S/C12H20N4O2.C9H18N4.C9H15N3O/c1-8(2)11(17)7-16-6-10(14-15-16)5-13-12(18)9(3)4;1-7(2)10-5-9-6-13(8(3)4)12-11-9;1-6(2)9(13)8-5-12(7(3)4)11-10-8/h6,8-9H,5,7H2,1-4H3,(H,13,18);6-8,10H,5H2,1-4H3;5-7H,1-4H3. The first-order chi connectivity index (χ1) is 20.5. The largest absolute Gasteiger partial charge is 0.350 e. The van der Waals surface area contributed by atoms with Crippen LogP contribution in [0.4, 0.5) is 0 Å². The van der Waals surface area contributed by atoms with Crippen LogP contribution in [0.1, 0.15) is 117 Å². The van der Waals surface area contributed by atoms with E-state index in [0.717, 1.165) is 12.2 Å². The van der Waals surface area contributed by atoms with Crippen LogP contribution in [-0.2, 0) is 29.2 Å². The molecule has 0 aliphatic heterocycles. The average molecular weight is 616 g/mol. The fourth-order valence-electron chi connectivity index (χ4n) is 3.11. The van der Waals surface area contributed by atoms with Crippen molar-refractivity contribution in [3.8, 4) is 0 Å². The molecule has 2 N–H and O–H groups in total. The molecule has 0 saturated carbocycles. The van der Waals surface area contributed by atoms with E-state index in [1.54, 1.807) is 17.1 Å². The first-order valence-corrected chi connectivity index (χ1v) is 15.3. The van der Waals surface area contributed by atoms with Gasteiger partial charge in [0.2, 0.25) is 5.91 Å². The zero-order chi connectivity index (χ0) is 33.6. The summed E-state index contributed by atoms with van der Waals surface area (Å²) in [5.74, 6) is 0.0468. The van der Waals surface area contributed by atoms with E-state index in [1.165, 1.54) is 4.68 Å². The minimum Gasteiger partial charge on any atom is -0.350 e. The molecule has 0 unspecified atom stereocenters. The summed E-state index contributed by atoms with van der Waals surface area (Å²) in [6, 6.07) is 1.13. The van der Waals surface area contributed by atoms with E-state index < -0.39 is 0 Å². The highest BCUT2D eigenvalue weighted by molar-refractivity contribution is 5.95. The number of carbonyl (C=O) groups is 3. The van der Waals surface area contributed by atoms with Gasteiger partial charge in [-0.25, -0.2) is 14.0 Å². The number of nitrogens with zero attached hydrogens (tertiary/aromatic N) is 9. The highest BCUT2D eigenvalue weighted by Crippen LogP contribution is 2.07. The molecule has 0 aliphatic rings. The number of rotatable bonds is 13. The van der Waals surface area contributed by atoms with Crippen LogP contribution in [-0.4, -0.2) is 68.5 Å². The molecule has 1 amide bonds. The highest BCUT2D eigenvalue weighted by atomic mass is 16.2. The van der Waals surface area contributed by atoms with Gasteiger partial charge in [0.25, 0.3) is 0 Å². The highest BCUT2D eigenvalue weighted by Gasteiger charge is 2.15. The Hall–Kier alpha value is -3.81. The third-order valence-electron chi connectivity index (χ3n) is 6.11. The number of carbonyl (C=O) groups excluding carboxylic acids is 3. The van der Waals surface area contributed by atoms with Crippen LogP contribution in [0, 0.1) is 17.8 Å². The quantitative estimate of drug-likeness (QED) is 0.270. The molecule has 3 aromatic heterocycles. The molecule has 0 atom stereocenters. The molecule has 3 rings (SSSR count). The smallest absolute Gasteiger partial charge is 0.222 e. The predicted molar refractivity (Wildman–Crippen MR) is 169 cm³/mol. The van der Waals surface area contributed by atoms with Gasteiger partial charge in [0.15, 0.2) is 11.6 Å². The van der Waals surface area contributed by atoms with Crippen LogP contribution in [0.5, 0.6) is 0 Å². The Kier molecular flexibility index (Phi) is 16.3. The van der Waals surface area contributed by atoms with Gasteiger partial charge in [-0.15, -0.1) is 15.3 Å². The van der Waals surface area contributed by atoms with Crippen molar-refractivity contribution in [1.82, 2.24) is 55.6 Å². The second-order valence-corrected chi connectivity index (χ2v) is 12.4.